The fourth-order valence-corrected chi connectivity index (χ4v) is 2.58. The summed E-state index contributed by atoms with van der Waals surface area (Å²) in [6, 6.07) is 0. The molecule has 0 radical (unpaired) electrons. The number of nitrogens with zero attached hydrogens (tertiary/aromatic N) is 1. The maximum Gasteiger partial charge on any atom is 0.197 e. The number of anilines is 2. The second-order valence-corrected chi connectivity index (χ2v) is 6.60. The van der Waals surface area contributed by atoms with E-state index in [9.17, 15) is 8.42 Å². The Hall–Kier alpha value is -1.02. The predicted octanol–water partition coefficient (Wildman–Crippen LogP) is 0.971. The van der Waals surface area contributed by atoms with E-state index in [0.717, 1.165) is 5.00 Å². The van der Waals surface area contributed by atoms with Crippen LogP contribution in [-0.4, -0.2) is 38.0 Å². The van der Waals surface area contributed by atoms with Crippen LogP contribution in [0.5, 0.6) is 5.75 Å². The van der Waals surface area contributed by atoms with E-state index in [1.165, 1.54) is 17.8 Å². The molecule has 0 amide bonds. The van der Waals surface area contributed by atoms with Crippen LogP contribution in [0.15, 0.2) is 0 Å². The van der Waals surface area contributed by atoms with E-state index in [-0.39, 0.29) is 5.75 Å². The van der Waals surface area contributed by atoms with Crippen LogP contribution in [-0.2, 0) is 9.84 Å². The third kappa shape index (κ3) is 4.78. The molecule has 1 aromatic heterocycles. The number of sulfone groups is 1. The van der Waals surface area contributed by atoms with E-state index in [1.54, 1.807) is 0 Å². The van der Waals surface area contributed by atoms with Gasteiger partial charge in [-0.2, -0.15) is 4.37 Å². The minimum Gasteiger partial charge on any atom is -0.487 e. The van der Waals surface area contributed by atoms with Gasteiger partial charge < -0.3 is 15.8 Å². The Bertz CT molecular complexity index is 456. The van der Waals surface area contributed by atoms with Gasteiger partial charge in [0.15, 0.2) is 16.6 Å². The first kappa shape index (κ1) is 14.0. The fraction of sp³-hybridized carbons (Fsp3) is 0.667. The van der Waals surface area contributed by atoms with Crippen LogP contribution >= 0.6 is 11.5 Å². The van der Waals surface area contributed by atoms with Crippen molar-refractivity contribution in [3.05, 3.63) is 0 Å². The molecule has 0 spiro atoms. The Morgan fingerprint density at radius 1 is 1.53 bits per heavy atom. The monoisotopic (exact) mass is 279 g/mol. The summed E-state index contributed by atoms with van der Waals surface area (Å²) in [5.74, 6) is 1.08. The lowest BCUT2D eigenvalue weighted by Crippen LogP contribution is -2.09. The summed E-state index contributed by atoms with van der Waals surface area (Å²) in [5, 5.41) is 3.83. The summed E-state index contributed by atoms with van der Waals surface area (Å²) in [7, 11) is -2.90. The van der Waals surface area contributed by atoms with E-state index in [4.69, 9.17) is 10.5 Å². The maximum atomic E-state index is 10.9. The highest BCUT2D eigenvalue weighted by atomic mass is 32.2. The highest BCUT2D eigenvalue weighted by Crippen LogP contribution is 2.34. The number of hydrogen-bond donors (Lipinski definition) is 2. The van der Waals surface area contributed by atoms with Crippen molar-refractivity contribution in [1.82, 2.24) is 4.37 Å². The average molecular weight is 279 g/mol. The number of rotatable bonds is 7. The van der Waals surface area contributed by atoms with Gasteiger partial charge in [0.05, 0.1) is 12.4 Å². The van der Waals surface area contributed by atoms with Crippen molar-refractivity contribution in [1.29, 1.82) is 0 Å². The molecule has 1 heterocycles. The van der Waals surface area contributed by atoms with Crippen molar-refractivity contribution in [2.24, 2.45) is 0 Å². The lowest BCUT2D eigenvalue weighted by Gasteiger charge is -2.06. The van der Waals surface area contributed by atoms with Crippen LogP contribution < -0.4 is 15.8 Å². The third-order valence-corrected chi connectivity index (χ3v) is 3.77. The molecule has 17 heavy (non-hydrogen) atoms. The molecule has 0 fully saturated rings. The van der Waals surface area contributed by atoms with Gasteiger partial charge in [-0.15, -0.1) is 0 Å². The first-order valence-corrected chi connectivity index (χ1v) is 8.07. The first-order chi connectivity index (χ1) is 7.94. The van der Waals surface area contributed by atoms with Crippen LogP contribution in [0, 0.1) is 0 Å². The Morgan fingerprint density at radius 3 is 2.82 bits per heavy atom. The van der Waals surface area contributed by atoms with Crippen molar-refractivity contribution >= 4 is 32.2 Å². The van der Waals surface area contributed by atoms with Gasteiger partial charge in [-0.05, 0) is 24.9 Å². The molecule has 1 rings (SSSR count). The molecule has 0 atom stereocenters. The highest BCUT2D eigenvalue weighted by molar-refractivity contribution is 7.90. The topological polar surface area (TPSA) is 94.3 Å². The van der Waals surface area contributed by atoms with Gasteiger partial charge in [0, 0.05) is 12.8 Å². The van der Waals surface area contributed by atoms with Gasteiger partial charge in [0.1, 0.15) is 9.84 Å². The molecule has 0 bridgehead atoms. The molecular weight excluding hydrogens is 262 g/mol. The lowest BCUT2D eigenvalue weighted by molar-refractivity contribution is 0.344. The minimum absolute atomic E-state index is 0.165. The second kappa shape index (κ2) is 6.06. The quantitative estimate of drug-likeness (QED) is 0.722. The zero-order valence-electron chi connectivity index (χ0n) is 9.89. The van der Waals surface area contributed by atoms with E-state index >= 15 is 0 Å². The number of ether oxygens (including phenoxy) is 1. The molecule has 0 aliphatic rings. The second-order valence-electron chi connectivity index (χ2n) is 3.57. The van der Waals surface area contributed by atoms with Crippen molar-refractivity contribution in [3.63, 3.8) is 0 Å². The van der Waals surface area contributed by atoms with Crippen LogP contribution in [0.1, 0.15) is 13.3 Å². The van der Waals surface area contributed by atoms with E-state index in [1.807, 2.05) is 6.92 Å². The van der Waals surface area contributed by atoms with Gasteiger partial charge in [-0.25, -0.2) is 8.42 Å². The Balaban J connectivity index is 2.46. The summed E-state index contributed by atoms with van der Waals surface area (Å²) in [6.07, 6.45) is 1.77. The summed E-state index contributed by atoms with van der Waals surface area (Å²) in [4.78, 5) is 0. The SMILES string of the molecule is CCOc1c(N)nsc1NCCCS(C)(=O)=O. The van der Waals surface area contributed by atoms with Crippen molar-refractivity contribution in [2.45, 2.75) is 13.3 Å². The summed E-state index contributed by atoms with van der Waals surface area (Å²) in [6.45, 7) is 2.93. The number of nitrogens with one attached hydrogen (secondary N) is 1. The van der Waals surface area contributed by atoms with E-state index in [0.29, 0.717) is 31.1 Å². The minimum atomic E-state index is -2.90. The van der Waals surface area contributed by atoms with Crippen LogP contribution in [0.3, 0.4) is 0 Å². The number of aromatic nitrogens is 1. The summed E-state index contributed by atoms with van der Waals surface area (Å²) >= 11 is 1.21. The van der Waals surface area contributed by atoms with Crippen LogP contribution in [0.2, 0.25) is 0 Å². The highest BCUT2D eigenvalue weighted by Gasteiger charge is 2.12. The average Bonchev–Trinajstić information content (AvgIpc) is 2.55. The molecule has 8 heteroatoms. The molecule has 0 saturated heterocycles. The Morgan fingerprint density at radius 2 is 2.24 bits per heavy atom. The van der Waals surface area contributed by atoms with Crippen molar-refractivity contribution in [2.75, 3.05) is 36.2 Å². The predicted molar refractivity (Wildman–Crippen MR) is 70.5 cm³/mol. The van der Waals surface area contributed by atoms with Crippen LogP contribution in [0.4, 0.5) is 10.8 Å². The Labute approximate surface area is 105 Å². The molecule has 0 aliphatic heterocycles. The van der Waals surface area contributed by atoms with Gasteiger partial charge in [0.2, 0.25) is 0 Å². The number of nitrogens with two attached hydrogens (primary N) is 1. The van der Waals surface area contributed by atoms with Gasteiger partial charge in [0.25, 0.3) is 0 Å². The summed E-state index contributed by atoms with van der Waals surface area (Å²) < 4.78 is 31.2. The molecule has 0 aromatic carbocycles. The Kier molecular flexibility index (Phi) is 5.01. The smallest absolute Gasteiger partial charge is 0.197 e. The fourth-order valence-electron chi connectivity index (χ4n) is 1.23. The number of hydrogen-bond acceptors (Lipinski definition) is 7. The molecule has 0 unspecified atom stereocenters. The molecule has 0 aliphatic carbocycles. The largest absolute Gasteiger partial charge is 0.487 e. The van der Waals surface area contributed by atoms with Crippen molar-refractivity contribution < 1.29 is 13.2 Å². The number of nitrogen functional groups attached to an aromatic ring is 1. The van der Waals surface area contributed by atoms with Gasteiger partial charge in [-0.3, -0.25) is 0 Å². The molecule has 98 valence electrons. The molecule has 6 nitrogen and oxygen atoms in total. The standard InChI is InChI=1S/C9H17N3O3S2/c1-3-15-7-8(10)12-16-9(7)11-5-4-6-17(2,13)14/h11H,3-6H2,1-2H3,(H2,10,12). The zero-order valence-corrected chi connectivity index (χ0v) is 11.5. The summed E-state index contributed by atoms with van der Waals surface area (Å²) in [5.41, 5.74) is 5.64. The van der Waals surface area contributed by atoms with E-state index in [2.05, 4.69) is 9.69 Å². The third-order valence-electron chi connectivity index (χ3n) is 1.94. The molecular formula is C9H17N3O3S2. The van der Waals surface area contributed by atoms with Crippen molar-refractivity contribution in [3.8, 4) is 5.75 Å². The van der Waals surface area contributed by atoms with Crippen LogP contribution in [0.25, 0.3) is 0 Å². The molecule has 0 saturated carbocycles. The maximum absolute atomic E-state index is 10.9. The zero-order chi connectivity index (χ0) is 12.9. The van der Waals surface area contributed by atoms with E-state index < -0.39 is 9.84 Å². The molecule has 1 aromatic rings. The normalized spacial score (nSPS) is 11.4. The lowest BCUT2D eigenvalue weighted by atomic mass is 10.4. The van der Waals surface area contributed by atoms with Gasteiger partial charge in [-0.1, -0.05) is 0 Å². The van der Waals surface area contributed by atoms with Gasteiger partial charge >= 0.3 is 0 Å². The first-order valence-electron chi connectivity index (χ1n) is 5.23. The molecule has 3 N–H and O–H groups in total.